The number of hydrogen-bond acceptors (Lipinski definition) is 6. The quantitative estimate of drug-likeness (QED) is 0.214. The fourth-order valence-corrected chi connectivity index (χ4v) is 5.74. The molecule has 0 amide bonds. The van der Waals surface area contributed by atoms with Crippen LogP contribution in [0.5, 0.6) is 0 Å². The zero-order valence-electron chi connectivity index (χ0n) is 22.1. The van der Waals surface area contributed by atoms with Crippen LogP contribution in [0.15, 0.2) is 53.3 Å². The predicted molar refractivity (Wildman–Crippen MR) is 143 cm³/mol. The Bertz CT molecular complexity index is 1860. The Morgan fingerprint density at radius 2 is 1.80 bits per heavy atom. The van der Waals surface area contributed by atoms with E-state index < -0.39 is 34.7 Å². The van der Waals surface area contributed by atoms with Gasteiger partial charge in [0.05, 0.1) is 29.0 Å². The molecule has 6 rings (SSSR count). The van der Waals surface area contributed by atoms with Gasteiger partial charge in [-0.1, -0.05) is 13.8 Å². The number of ether oxygens (including phenoxy) is 2. The number of esters is 2. The highest BCUT2D eigenvalue weighted by Gasteiger charge is 2.50. The Morgan fingerprint density at radius 3 is 2.51 bits per heavy atom. The van der Waals surface area contributed by atoms with Gasteiger partial charge < -0.3 is 14.0 Å². The number of carbonyl (C=O) groups excluding carboxylic acids is 2. The molecule has 1 atom stereocenters. The zero-order valence-corrected chi connectivity index (χ0v) is 22.1. The van der Waals surface area contributed by atoms with Gasteiger partial charge in [-0.15, -0.1) is 0 Å². The summed E-state index contributed by atoms with van der Waals surface area (Å²) in [5.74, 6) is -3.84. The highest BCUT2D eigenvalue weighted by atomic mass is 19.1. The van der Waals surface area contributed by atoms with Crippen LogP contribution in [0.25, 0.3) is 28.4 Å². The molecule has 7 nitrogen and oxygen atoms in total. The smallest absolute Gasteiger partial charge is 0.355 e. The minimum absolute atomic E-state index is 0.0482. The van der Waals surface area contributed by atoms with Crippen LogP contribution in [-0.4, -0.2) is 21.5 Å². The number of cyclic esters (lactones) is 1. The summed E-state index contributed by atoms with van der Waals surface area (Å²) in [5, 5.41) is 0.664. The van der Waals surface area contributed by atoms with E-state index in [2.05, 4.69) is 0 Å². The maximum absolute atomic E-state index is 14.1. The van der Waals surface area contributed by atoms with Crippen LogP contribution in [0.2, 0.25) is 0 Å². The van der Waals surface area contributed by atoms with Crippen LogP contribution in [-0.2, 0) is 44.2 Å². The molecule has 0 saturated carbocycles. The van der Waals surface area contributed by atoms with Crippen molar-refractivity contribution in [3.05, 3.63) is 104 Å². The standard InChI is InChI=1S/C31H23F3N2O5/c1-3-20-21-12-17(32)6-7-25(21)35-28-22(20)14-36-26(28)13-24-23(29(36)38)15-40-30(39)31(24,4-2)41-27(37)8-5-16-9-18(33)11-19(34)10-16/h5-13H,3-4,14-15H2,1-2H3/b8-5+/t31-/m0/s1. The number of halogens is 3. The van der Waals surface area contributed by atoms with Crippen molar-refractivity contribution in [2.45, 2.75) is 45.4 Å². The second-order valence-electron chi connectivity index (χ2n) is 9.96. The van der Waals surface area contributed by atoms with Gasteiger partial charge in [-0.05, 0) is 66.4 Å². The molecule has 0 bridgehead atoms. The molecule has 0 fully saturated rings. The van der Waals surface area contributed by atoms with Crippen molar-refractivity contribution in [1.82, 2.24) is 9.55 Å². The van der Waals surface area contributed by atoms with Crippen molar-refractivity contribution in [2.75, 3.05) is 0 Å². The summed E-state index contributed by atoms with van der Waals surface area (Å²) in [7, 11) is 0. The van der Waals surface area contributed by atoms with Crippen LogP contribution >= 0.6 is 0 Å². The number of aromatic nitrogens is 2. The molecule has 0 spiro atoms. The second-order valence-corrected chi connectivity index (χ2v) is 9.96. The summed E-state index contributed by atoms with van der Waals surface area (Å²) in [6.45, 7) is 3.46. The van der Waals surface area contributed by atoms with E-state index in [9.17, 15) is 27.6 Å². The third-order valence-corrected chi connectivity index (χ3v) is 7.66. The molecule has 2 aromatic carbocycles. The minimum atomic E-state index is -1.94. The van der Waals surface area contributed by atoms with Gasteiger partial charge in [0.2, 0.25) is 5.60 Å². The molecular weight excluding hydrogens is 537 g/mol. The molecule has 0 saturated heterocycles. The Balaban J connectivity index is 1.46. The van der Waals surface area contributed by atoms with Crippen LogP contribution in [0.1, 0.15) is 48.1 Å². The van der Waals surface area contributed by atoms with E-state index >= 15 is 0 Å². The summed E-state index contributed by atoms with van der Waals surface area (Å²) >= 11 is 0. The summed E-state index contributed by atoms with van der Waals surface area (Å²) in [5.41, 5.74) is 1.27. The van der Waals surface area contributed by atoms with Crippen LogP contribution in [0, 0.1) is 17.5 Å². The molecule has 2 aromatic heterocycles. The predicted octanol–water partition coefficient (Wildman–Crippen LogP) is 5.32. The van der Waals surface area contributed by atoms with Crippen LogP contribution in [0.3, 0.4) is 0 Å². The Kier molecular flexibility index (Phi) is 6.28. The maximum Gasteiger partial charge on any atom is 0.355 e. The molecule has 0 aliphatic carbocycles. The van der Waals surface area contributed by atoms with E-state index in [1.165, 1.54) is 16.7 Å². The molecule has 10 heteroatoms. The number of hydrogen-bond donors (Lipinski definition) is 0. The first-order valence-corrected chi connectivity index (χ1v) is 13.1. The highest BCUT2D eigenvalue weighted by molar-refractivity contribution is 5.93. The molecule has 41 heavy (non-hydrogen) atoms. The lowest BCUT2D eigenvalue weighted by molar-refractivity contribution is -0.186. The minimum Gasteiger partial charge on any atom is -0.457 e. The Hall–Kier alpha value is -4.73. The molecule has 4 aromatic rings. The molecular formula is C31H23F3N2O5. The average molecular weight is 561 g/mol. The first-order chi connectivity index (χ1) is 19.6. The van der Waals surface area contributed by atoms with Gasteiger partial charge >= 0.3 is 11.9 Å². The van der Waals surface area contributed by atoms with E-state index in [1.54, 1.807) is 19.1 Å². The second kappa shape index (κ2) is 9.72. The lowest BCUT2D eigenvalue weighted by Gasteiger charge is -2.35. The van der Waals surface area contributed by atoms with E-state index in [0.717, 1.165) is 35.4 Å². The maximum atomic E-state index is 14.1. The number of benzene rings is 2. The van der Waals surface area contributed by atoms with Gasteiger partial charge in [-0.3, -0.25) is 4.79 Å². The van der Waals surface area contributed by atoms with Gasteiger partial charge in [0.1, 0.15) is 24.1 Å². The third-order valence-electron chi connectivity index (χ3n) is 7.66. The van der Waals surface area contributed by atoms with Crippen molar-refractivity contribution in [3.8, 4) is 11.4 Å². The number of carbonyl (C=O) groups is 2. The summed E-state index contributed by atoms with van der Waals surface area (Å²) in [4.78, 5) is 44.6. The van der Waals surface area contributed by atoms with E-state index in [-0.39, 0.29) is 42.1 Å². The van der Waals surface area contributed by atoms with Crippen molar-refractivity contribution >= 4 is 28.9 Å². The van der Waals surface area contributed by atoms with E-state index in [4.69, 9.17) is 14.5 Å². The summed E-state index contributed by atoms with van der Waals surface area (Å²) in [6, 6.07) is 8.72. The monoisotopic (exact) mass is 560 g/mol. The molecule has 208 valence electrons. The fourth-order valence-electron chi connectivity index (χ4n) is 5.74. The first-order valence-electron chi connectivity index (χ1n) is 13.1. The topological polar surface area (TPSA) is 87.5 Å². The number of aryl methyl sites for hydroxylation is 1. The molecule has 2 aliphatic heterocycles. The SMILES string of the molecule is CCc1c2c(nc3ccc(F)cc13)-c1cc3c(c(=O)n1C2)COC(=O)[C@@]3(CC)OC(=O)/C=C/c1cc(F)cc(F)c1. The third kappa shape index (κ3) is 4.21. The largest absolute Gasteiger partial charge is 0.457 e. The van der Waals surface area contributed by atoms with E-state index in [0.29, 0.717) is 34.8 Å². The summed E-state index contributed by atoms with van der Waals surface area (Å²) in [6.07, 6.45) is 2.63. The molecule has 0 radical (unpaired) electrons. The fraction of sp³-hybridized carbons (Fsp3) is 0.226. The van der Waals surface area contributed by atoms with E-state index in [1.807, 2.05) is 6.92 Å². The van der Waals surface area contributed by atoms with Crippen molar-refractivity contribution in [2.24, 2.45) is 0 Å². The Morgan fingerprint density at radius 1 is 1.05 bits per heavy atom. The van der Waals surface area contributed by atoms with Gasteiger partial charge in [0.15, 0.2) is 0 Å². The number of nitrogens with zero attached hydrogens (tertiary/aromatic N) is 2. The lowest BCUT2D eigenvalue weighted by Crippen LogP contribution is -2.47. The van der Waals surface area contributed by atoms with Gasteiger partial charge in [-0.2, -0.15) is 0 Å². The molecule has 0 unspecified atom stereocenters. The van der Waals surface area contributed by atoms with Gasteiger partial charge in [0, 0.05) is 28.7 Å². The van der Waals surface area contributed by atoms with Crippen molar-refractivity contribution in [3.63, 3.8) is 0 Å². The number of pyridine rings is 2. The average Bonchev–Trinajstić information content (AvgIpc) is 3.30. The number of rotatable bonds is 5. The van der Waals surface area contributed by atoms with Crippen molar-refractivity contribution in [1.29, 1.82) is 0 Å². The normalized spacial score (nSPS) is 17.3. The van der Waals surface area contributed by atoms with Crippen molar-refractivity contribution < 1.29 is 32.2 Å². The van der Waals surface area contributed by atoms with Gasteiger partial charge in [0.25, 0.3) is 5.56 Å². The summed E-state index contributed by atoms with van der Waals surface area (Å²) < 4.78 is 53.7. The number of fused-ring (bicyclic) bond motifs is 5. The lowest BCUT2D eigenvalue weighted by atomic mass is 9.85. The Labute approximate surface area is 231 Å². The first kappa shape index (κ1) is 26.5. The zero-order chi connectivity index (χ0) is 29.1. The molecule has 2 aliphatic rings. The van der Waals surface area contributed by atoms with Gasteiger partial charge in [-0.25, -0.2) is 27.7 Å². The molecule has 0 N–H and O–H groups in total. The van der Waals surface area contributed by atoms with Crippen LogP contribution in [0.4, 0.5) is 13.2 Å². The van der Waals surface area contributed by atoms with Crippen LogP contribution < -0.4 is 5.56 Å². The molecule has 4 heterocycles. The highest BCUT2D eigenvalue weighted by Crippen LogP contribution is 2.42.